The molecule has 0 spiro atoms. The summed E-state index contributed by atoms with van der Waals surface area (Å²) in [5.74, 6) is -0.0504. The highest BCUT2D eigenvalue weighted by molar-refractivity contribution is 7.99. The molecule has 0 saturated heterocycles. The van der Waals surface area contributed by atoms with E-state index in [4.69, 9.17) is 11.6 Å². The van der Waals surface area contributed by atoms with Crippen LogP contribution in [0.3, 0.4) is 0 Å². The van der Waals surface area contributed by atoms with Crippen LogP contribution in [0.1, 0.15) is 17.4 Å². The Hall–Kier alpha value is -1.83. The number of anilines is 1. The molecule has 0 saturated carbocycles. The minimum atomic E-state index is -0.196. The number of hydrogen-bond donors (Lipinski definition) is 1. The SMILES string of the molecule is CCn1c(SCC(=O)Nc2ccccc2Cl)nc2sc(C)c(C)c2c1=O. The Labute approximate surface area is 164 Å². The third-order valence-corrected chi connectivity index (χ3v) is 6.46. The lowest BCUT2D eigenvalue weighted by Crippen LogP contribution is -2.23. The van der Waals surface area contributed by atoms with Gasteiger partial charge in [-0.2, -0.15) is 0 Å². The van der Waals surface area contributed by atoms with Gasteiger partial charge in [0.25, 0.3) is 5.56 Å². The molecular formula is C18H18ClN3O2S2. The number of amides is 1. The van der Waals surface area contributed by atoms with Crippen LogP contribution in [0.5, 0.6) is 0 Å². The predicted octanol–water partition coefficient (Wildman–Crippen LogP) is 4.48. The molecule has 0 aliphatic carbocycles. The third kappa shape index (κ3) is 3.65. The second kappa shape index (κ2) is 7.82. The summed E-state index contributed by atoms with van der Waals surface area (Å²) in [5.41, 5.74) is 1.51. The van der Waals surface area contributed by atoms with E-state index in [1.54, 1.807) is 28.8 Å². The van der Waals surface area contributed by atoms with Crippen LogP contribution in [-0.2, 0) is 11.3 Å². The molecule has 1 aromatic carbocycles. The van der Waals surface area contributed by atoms with Gasteiger partial charge in [-0.1, -0.05) is 35.5 Å². The standard InChI is InChI=1S/C18H18ClN3O2S2/c1-4-22-17(24)15-10(2)11(3)26-16(15)21-18(22)25-9-14(23)20-13-8-6-5-7-12(13)19/h5-8H,4,9H2,1-3H3,(H,20,23). The molecule has 136 valence electrons. The van der Waals surface area contributed by atoms with Crippen LogP contribution in [0.15, 0.2) is 34.2 Å². The molecule has 26 heavy (non-hydrogen) atoms. The first-order valence-corrected chi connectivity index (χ1v) is 10.3. The number of thioether (sulfide) groups is 1. The van der Waals surface area contributed by atoms with Crippen molar-refractivity contribution in [1.82, 2.24) is 9.55 Å². The molecule has 0 atom stereocenters. The van der Waals surface area contributed by atoms with Gasteiger partial charge in [0.15, 0.2) is 5.16 Å². The van der Waals surface area contributed by atoms with Gasteiger partial charge in [-0.25, -0.2) is 4.98 Å². The van der Waals surface area contributed by atoms with Gasteiger partial charge in [0.2, 0.25) is 5.91 Å². The van der Waals surface area contributed by atoms with Crippen LogP contribution in [0, 0.1) is 13.8 Å². The highest BCUT2D eigenvalue weighted by Crippen LogP contribution is 2.28. The van der Waals surface area contributed by atoms with E-state index in [2.05, 4.69) is 10.3 Å². The molecule has 8 heteroatoms. The number of carbonyl (C=O) groups is 1. The zero-order valence-electron chi connectivity index (χ0n) is 14.6. The first kappa shape index (κ1) is 18.9. The van der Waals surface area contributed by atoms with Crippen molar-refractivity contribution in [3.8, 4) is 0 Å². The van der Waals surface area contributed by atoms with E-state index in [0.717, 1.165) is 15.3 Å². The summed E-state index contributed by atoms with van der Waals surface area (Å²) in [7, 11) is 0. The van der Waals surface area contributed by atoms with Gasteiger partial charge in [-0.15, -0.1) is 11.3 Å². The van der Waals surface area contributed by atoms with Crippen LogP contribution >= 0.6 is 34.7 Å². The number of aryl methyl sites for hydroxylation is 2. The van der Waals surface area contributed by atoms with E-state index < -0.39 is 0 Å². The number of halogens is 1. The summed E-state index contributed by atoms with van der Waals surface area (Å²) in [6.45, 7) is 6.34. The molecule has 5 nitrogen and oxygen atoms in total. The van der Waals surface area contributed by atoms with Gasteiger partial charge in [-0.3, -0.25) is 14.2 Å². The molecule has 0 unspecified atom stereocenters. The zero-order valence-corrected chi connectivity index (χ0v) is 17.0. The van der Waals surface area contributed by atoms with Crippen LogP contribution in [0.4, 0.5) is 5.69 Å². The van der Waals surface area contributed by atoms with Crippen molar-refractivity contribution >= 4 is 56.5 Å². The second-order valence-electron chi connectivity index (χ2n) is 5.72. The van der Waals surface area contributed by atoms with Gasteiger partial charge in [0, 0.05) is 11.4 Å². The molecular weight excluding hydrogens is 390 g/mol. The highest BCUT2D eigenvalue weighted by atomic mass is 35.5. The van der Waals surface area contributed by atoms with Crippen molar-refractivity contribution < 1.29 is 4.79 Å². The Morgan fingerprint density at radius 1 is 1.35 bits per heavy atom. The Balaban J connectivity index is 1.83. The summed E-state index contributed by atoms with van der Waals surface area (Å²) in [4.78, 5) is 31.5. The topological polar surface area (TPSA) is 64.0 Å². The van der Waals surface area contributed by atoms with Crippen molar-refractivity contribution in [2.75, 3.05) is 11.1 Å². The number of nitrogens with zero attached hydrogens (tertiary/aromatic N) is 2. The van der Waals surface area contributed by atoms with E-state index >= 15 is 0 Å². The molecule has 0 radical (unpaired) electrons. The molecule has 0 aliphatic rings. The zero-order chi connectivity index (χ0) is 18.8. The van der Waals surface area contributed by atoms with E-state index in [0.29, 0.717) is 27.8 Å². The quantitative estimate of drug-likeness (QED) is 0.500. The van der Waals surface area contributed by atoms with E-state index in [9.17, 15) is 9.59 Å². The number of carbonyl (C=O) groups excluding carboxylic acids is 1. The summed E-state index contributed by atoms with van der Waals surface area (Å²) in [6, 6.07) is 7.07. The molecule has 0 bridgehead atoms. The molecule has 0 aliphatic heterocycles. The van der Waals surface area contributed by atoms with Crippen molar-refractivity contribution in [2.45, 2.75) is 32.5 Å². The Kier molecular flexibility index (Phi) is 5.70. The average Bonchev–Trinajstić information content (AvgIpc) is 2.89. The highest BCUT2D eigenvalue weighted by Gasteiger charge is 2.17. The molecule has 3 aromatic rings. The number of aromatic nitrogens is 2. The normalized spacial score (nSPS) is 11.1. The lowest BCUT2D eigenvalue weighted by Gasteiger charge is -2.10. The third-order valence-electron chi connectivity index (χ3n) is 4.05. The average molecular weight is 408 g/mol. The summed E-state index contributed by atoms with van der Waals surface area (Å²) in [6.07, 6.45) is 0. The molecule has 0 fully saturated rings. The first-order chi connectivity index (χ1) is 12.4. The van der Waals surface area contributed by atoms with E-state index in [1.807, 2.05) is 20.8 Å². The largest absolute Gasteiger partial charge is 0.324 e. The predicted molar refractivity (Wildman–Crippen MR) is 110 cm³/mol. The number of thiophene rings is 1. The minimum Gasteiger partial charge on any atom is -0.324 e. The summed E-state index contributed by atoms with van der Waals surface area (Å²) >= 11 is 8.82. The number of benzene rings is 1. The number of rotatable bonds is 5. The van der Waals surface area contributed by atoms with Gasteiger partial charge >= 0.3 is 0 Å². The van der Waals surface area contributed by atoms with Crippen LogP contribution < -0.4 is 10.9 Å². The van der Waals surface area contributed by atoms with Crippen molar-refractivity contribution in [3.05, 3.63) is 50.1 Å². The maximum atomic E-state index is 12.8. The number of fused-ring (bicyclic) bond motifs is 1. The molecule has 1 N–H and O–H groups in total. The monoisotopic (exact) mass is 407 g/mol. The van der Waals surface area contributed by atoms with Crippen LogP contribution in [0.25, 0.3) is 10.2 Å². The van der Waals surface area contributed by atoms with Crippen LogP contribution in [0.2, 0.25) is 5.02 Å². The van der Waals surface area contributed by atoms with E-state index in [-0.39, 0.29) is 17.2 Å². The van der Waals surface area contributed by atoms with Gasteiger partial charge in [0.1, 0.15) is 4.83 Å². The fourth-order valence-corrected chi connectivity index (χ4v) is 4.69. The Morgan fingerprint density at radius 2 is 2.08 bits per heavy atom. The molecule has 1 amide bonds. The van der Waals surface area contributed by atoms with Crippen molar-refractivity contribution in [2.24, 2.45) is 0 Å². The Morgan fingerprint density at radius 3 is 2.77 bits per heavy atom. The van der Waals surface area contributed by atoms with Crippen molar-refractivity contribution in [3.63, 3.8) is 0 Å². The number of para-hydroxylation sites is 1. The number of nitrogens with one attached hydrogen (secondary N) is 1. The Bertz CT molecular complexity index is 1040. The van der Waals surface area contributed by atoms with Gasteiger partial charge in [-0.05, 0) is 38.5 Å². The fraction of sp³-hybridized carbons (Fsp3) is 0.278. The second-order valence-corrected chi connectivity index (χ2v) is 8.28. The molecule has 2 heterocycles. The lowest BCUT2D eigenvalue weighted by molar-refractivity contribution is -0.113. The van der Waals surface area contributed by atoms with Crippen molar-refractivity contribution in [1.29, 1.82) is 0 Å². The minimum absolute atomic E-state index is 0.0478. The van der Waals surface area contributed by atoms with Gasteiger partial charge < -0.3 is 5.32 Å². The maximum absolute atomic E-state index is 12.8. The van der Waals surface area contributed by atoms with Gasteiger partial charge in [0.05, 0.1) is 21.8 Å². The van der Waals surface area contributed by atoms with E-state index in [1.165, 1.54) is 23.1 Å². The molecule has 2 aromatic heterocycles. The lowest BCUT2D eigenvalue weighted by atomic mass is 10.2. The first-order valence-electron chi connectivity index (χ1n) is 8.10. The summed E-state index contributed by atoms with van der Waals surface area (Å²) < 4.78 is 1.62. The smallest absolute Gasteiger partial charge is 0.263 e. The maximum Gasteiger partial charge on any atom is 0.263 e. The summed E-state index contributed by atoms with van der Waals surface area (Å²) in [5, 5.41) is 4.50. The van der Waals surface area contributed by atoms with Crippen LogP contribution in [-0.4, -0.2) is 21.2 Å². The number of hydrogen-bond acceptors (Lipinski definition) is 5. The molecule has 3 rings (SSSR count). The fourth-order valence-electron chi connectivity index (χ4n) is 2.58.